The van der Waals surface area contributed by atoms with Gasteiger partial charge in [-0.25, -0.2) is 18.4 Å². The fourth-order valence-corrected chi connectivity index (χ4v) is 8.50. The molecular weight excluding hydrogens is 759 g/mol. The first-order chi connectivity index (χ1) is 28.2. The zero-order valence-corrected chi connectivity index (χ0v) is 34.3. The summed E-state index contributed by atoms with van der Waals surface area (Å²) in [4.78, 5) is 35.3. The Bertz CT molecular complexity index is 2120. The topological polar surface area (TPSA) is 175 Å². The van der Waals surface area contributed by atoms with Gasteiger partial charge >= 0.3 is 12.2 Å². The number of fused-ring (bicyclic) bond motifs is 2. The number of ketones is 1. The van der Waals surface area contributed by atoms with Crippen LogP contribution in [0.1, 0.15) is 125 Å². The molecule has 2 heterocycles. The molecule has 15 heteroatoms. The number of alkyl carbamates (subject to hydrolysis) is 2. The standard InChI is InChI=1S/C22H28F2N4O2.C22H28N4O3/c1-13(2)25-21(29)30-18-6-4-15(10-18)19-11-20(28-27-19)26-17-5-3-16-12-22(23,24)8-7-14(16)9-17;1-13(2)23-22(28)29-19-8-5-15(11-19)20-12-21(26-25-20)24-17-6-3-14-4-7-18(27)10-16(14)9-17/h3,5,9,11,13,15,18H,4,6-8,10,12H2,1-2H3,(H,25,29)(H2,26,27,28);3,6,9,12-13,15,19H,4-5,7-8,10-11H2,1-2H3,(H,23,28)(H2,24,25,26)/t15-,18+;15-,19+/m00/s1. The zero-order valence-electron chi connectivity index (χ0n) is 34.3. The van der Waals surface area contributed by atoms with E-state index in [9.17, 15) is 23.2 Å². The minimum absolute atomic E-state index is 0.0519. The van der Waals surface area contributed by atoms with Crippen LogP contribution in [0.5, 0.6) is 0 Å². The van der Waals surface area contributed by atoms with E-state index in [4.69, 9.17) is 9.47 Å². The molecule has 8 rings (SSSR count). The second-order valence-corrected chi connectivity index (χ2v) is 17.1. The van der Waals surface area contributed by atoms with Gasteiger partial charge in [0.1, 0.15) is 18.0 Å². The van der Waals surface area contributed by atoms with E-state index in [1.54, 1.807) is 6.07 Å². The summed E-state index contributed by atoms with van der Waals surface area (Å²) in [5.41, 5.74) is 7.90. The lowest BCUT2D eigenvalue weighted by atomic mass is 9.89. The molecule has 2 aromatic heterocycles. The van der Waals surface area contributed by atoms with Crippen molar-refractivity contribution in [2.75, 3.05) is 10.6 Å². The van der Waals surface area contributed by atoms with Crippen LogP contribution in [0.4, 0.5) is 41.4 Å². The van der Waals surface area contributed by atoms with E-state index in [1.165, 1.54) is 5.56 Å². The van der Waals surface area contributed by atoms with Gasteiger partial charge in [0.25, 0.3) is 5.92 Å². The first kappa shape index (κ1) is 41.7. The number of nitrogens with zero attached hydrogens (tertiary/aromatic N) is 2. The van der Waals surface area contributed by atoms with Crippen LogP contribution in [0.15, 0.2) is 48.5 Å². The van der Waals surface area contributed by atoms with E-state index < -0.39 is 5.92 Å². The number of Topliss-reactive ketones (excluding diaryl/α,β-unsaturated/α-hetero) is 1. The Morgan fingerprint density at radius 3 is 1.76 bits per heavy atom. The van der Waals surface area contributed by atoms with E-state index in [0.29, 0.717) is 36.8 Å². The Labute approximate surface area is 343 Å². The molecule has 13 nitrogen and oxygen atoms in total. The maximum absolute atomic E-state index is 13.6. The summed E-state index contributed by atoms with van der Waals surface area (Å²) in [6.07, 6.45) is 6.37. The number of anilines is 4. The van der Waals surface area contributed by atoms with Crippen molar-refractivity contribution in [3.63, 3.8) is 0 Å². The molecule has 0 radical (unpaired) electrons. The van der Waals surface area contributed by atoms with Gasteiger partial charge in [0, 0.05) is 84.5 Å². The number of hydrogen-bond acceptors (Lipinski definition) is 9. The Morgan fingerprint density at radius 2 is 1.22 bits per heavy atom. The third-order valence-corrected chi connectivity index (χ3v) is 11.4. The quantitative estimate of drug-likeness (QED) is 0.0913. The van der Waals surface area contributed by atoms with Crippen LogP contribution in [0.3, 0.4) is 0 Å². The highest BCUT2D eigenvalue weighted by atomic mass is 19.3. The first-order valence-electron chi connectivity index (χ1n) is 21.0. The Kier molecular flexibility index (Phi) is 12.9. The second kappa shape index (κ2) is 18.2. The maximum Gasteiger partial charge on any atom is 0.407 e. The van der Waals surface area contributed by atoms with Crippen LogP contribution < -0.4 is 21.3 Å². The van der Waals surface area contributed by atoms with Crippen LogP contribution in [0.2, 0.25) is 0 Å². The number of carbonyl (C=O) groups is 3. The van der Waals surface area contributed by atoms with Gasteiger partial charge in [0.05, 0.1) is 0 Å². The molecule has 2 saturated carbocycles. The zero-order chi connectivity index (χ0) is 41.7. The van der Waals surface area contributed by atoms with Gasteiger partial charge in [0.15, 0.2) is 11.6 Å². The summed E-state index contributed by atoms with van der Waals surface area (Å²) >= 11 is 0. The summed E-state index contributed by atoms with van der Waals surface area (Å²) in [7, 11) is 0. The number of ether oxygens (including phenoxy) is 2. The second-order valence-electron chi connectivity index (χ2n) is 17.1. The smallest absolute Gasteiger partial charge is 0.407 e. The molecule has 0 aliphatic heterocycles. The van der Waals surface area contributed by atoms with E-state index in [1.807, 2.05) is 64.1 Å². The summed E-state index contributed by atoms with van der Waals surface area (Å²) in [6.45, 7) is 7.63. The molecule has 6 N–H and O–H groups in total. The minimum atomic E-state index is -2.60. The van der Waals surface area contributed by atoms with Crippen molar-refractivity contribution >= 4 is 41.0 Å². The number of hydrogen-bond donors (Lipinski definition) is 6. The Hall–Kier alpha value is -5.47. The lowest BCUT2D eigenvalue weighted by Gasteiger charge is -2.24. The molecule has 2 aromatic carbocycles. The average molecular weight is 815 g/mol. The lowest BCUT2D eigenvalue weighted by molar-refractivity contribution is -0.118. The largest absolute Gasteiger partial charge is 0.446 e. The fraction of sp³-hybridized carbons (Fsp3) is 0.523. The van der Waals surface area contributed by atoms with Gasteiger partial charge in [-0.15, -0.1) is 0 Å². The van der Waals surface area contributed by atoms with Crippen molar-refractivity contribution in [1.82, 2.24) is 31.0 Å². The van der Waals surface area contributed by atoms with Gasteiger partial charge < -0.3 is 30.7 Å². The van der Waals surface area contributed by atoms with Gasteiger partial charge in [0.2, 0.25) is 0 Å². The number of halogens is 2. The summed E-state index contributed by atoms with van der Waals surface area (Å²) in [5, 5.41) is 27.0. The molecule has 0 saturated heterocycles. The molecule has 0 unspecified atom stereocenters. The number of carbonyl (C=O) groups excluding carboxylic acids is 3. The minimum Gasteiger partial charge on any atom is -0.446 e. The van der Waals surface area contributed by atoms with Crippen molar-refractivity contribution in [2.24, 2.45) is 0 Å². The van der Waals surface area contributed by atoms with E-state index in [-0.39, 0.29) is 55.2 Å². The Balaban J connectivity index is 0.000000179. The molecule has 4 aliphatic rings. The van der Waals surface area contributed by atoms with Crippen LogP contribution in [-0.4, -0.2) is 68.6 Å². The molecule has 2 amide bonds. The molecule has 2 fully saturated rings. The number of aromatic amines is 2. The number of aryl methyl sites for hydroxylation is 2. The summed E-state index contributed by atoms with van der Waals surface area (Å²) in [6, 6.07) is 15.8. The highest BCUT2D eigenvalue weighted by molar-refractivity contribution is 5.83. The molecule has 4 aliphatic carbocycles. The van der Waals surface area contributed by atoms with Crippen LogP contribution in [0, 0.1) is 0 Å². The van der Waals surface area contributed by atoms with Crippen LogP contribution in [-0.2, 0) is 40.0 Å². The molecule has 4 atom stereocenters. The van der Waals surface area contributed by atoms with Crippen LogP contribution in [0.25, 0.3) is 0 Å². The van der Waals surface area contributed by atoms with Crippen LogP contribution >= 0.6 is 0 Å². The Morgan fingerprint density at radius 1 is 0.695 bits per heavy atom. The number of H-pyrrole nitrogens is 2. The summed E-state index contributed by atoms with van der Waals surface area (Å²) < 4.78 is 38.1. The molecule has 0 spiro atoms. The monoisotopic (exact) mass is 814 g/mol. The van der Waals surface area contributed by atoms with E-state index in [0.717, 1.165) is 90.2 Å². The molecule has 0 bridgehead atoms. The van der Waals surface area contributed by atoms with Gasteiger partial charge in [-0.3, -0.25) is 15.0 Å². The lowest BCUT2D eigenvalue weighted by Crippen LogP contribution is -2.33. The summed E-state index contributed by atoms with van der Waals surface area (Å²) in [5.74, 6) is -0.294. The number of benzene rings is 2. The average Bonchev–Trinajstić information content (AvgIpc) is 4.00. The molecule has 4 aromatic rings. The number of aromatic nitrogens is 4. The van der Waals surface area contributed by atoms with Crippen molar-refractivity contribution in [3.05, 3.63) is 82.2 Å². The number of nitrogens with one attached hydrogen (secondary N) is 6. The SMILES string of the molecule is CC(C)NC(=O)O[C@@H]1CC[C@H](c2cc(Nc3ccc4c(c3)CC(=O)CC4)n[nH]2)C1.CC(C)NC(=O)O[C@@H]1CC[C@H](c2cc(Nc3ccc4c(c3)CCC(F)(F)C4)n[nH]2)C1. The van der Waals surface area contributed by atoms with E-state index >= 15 is 0 Å². The predicted molar refractivity (Wildman–Crippen MR) is 221 cm³/mol. The predicted octanol–water partition coefficient (Wildman–Crippen LogP) is 9.03. The first-order valence-corrected chi connectivity index (χ1v) is 21.0. The highest BCUT2D eigenvalue weighted by Crippen LogP contribution is 2.38. The maximum atomic E-state index is 13.6. The molecule has 59 heavy (non-hydrogen) atoms. The fourth-order valence-electron chi connectivity index (χ4n) is 8.50. The van der Waals surface area contributed by atoms with Gasteiger partial charge in [-0.05, 0) is 126 Å². The highest BCUT2D eigenvalue weighted by Gasteiger charge is 2.34. The number of rotatable bonds is 10. The van der Waals surface area contributed by atoms with Crippen molar-refractivity contribution in [3.8, 4) is 0 Å². The van der Waals surface area contributed by atoms with Gasteiger partial charge in [-0.2, -0.15) is 10.2 Å². The normalized spacial score (nSPS) is 21.9. The number of amides is 2. The van der Waals surface area contributed by atoms with Crippen molar-refractivity contribution in [2.45, 2.75) is 147 Å². The van der Waals surface area contributed by atoms with Crippen molar-refractivity contribution < 1.29 is 32.6 Å². The van der Waals surface area contributed by atoms with E-state index in [2.05, 4.69) is 47.7 Å². The third-order valence-electron chi connectivity index (χ3n) is 11.4. The molecular formula is C44H56F2N8O5. The van der Waals surface area contributed by atoms with Crippen molar-refractivity contribution in [1.29, 1.82) is 0 Å². The third kappa shape index (κ3) is 11.4. The molecule has 316 valence electrons. The van der Waals surface area contributed by atoms with Gasteiger partial charge in [-0.1, -0.05) is 12.1 Å². The number of alkyl halides is 2.